The van der Waals surface area contributed by atoms with Crippen LogP contribution in [0.5, 0.6) is 11.5 Å². The van der Waals surface area contributed by atoms with Crippen LogP contribution in [0.3, 0.4) is 0 Å². The van der Waals surface area contributed by atoms with Crippen LogP contribution in [-0.2, 0) is 11.2 Å². The van der Waals surface area contributed by atoms with Gasteiger partial charge in [-0.15, -0.1) is 0 Å². The van der Waals surface area contributed by atoms with Crippen molar-refractivity contribution < 1.29 is 18.7 Å². The van der Waals surface area contributed by atoms with Crippen LogP contribution in [-0.4, -0.2) is 57.3 Å². The monoisotopic (exact) mass is 597 g/mol. The molecule has 8 nitrogen and oxygen atoms in total. The molecular weight excluding hydrogens is 568 g/mol. The van der Waals surface area contributed by atoms with E-state index in [4.69, 9.17) is 32.7 Å². The molecule has 0 unspecified atom stereocenters. The van der Waals surface area contributed by atoms with Gasteiger partial charge >= 0.3 is 0 Å². The first-order chi connectivity index (χ1) is 19.7. The van der Waals surface area contributed by atoms with Crippen LogP contribution < -0.4 is 25.0 Å². The molecule has 0 aliphatic carbocycles. The van der Waals surface area contributed by atoms with Gasteiger partial charge in [-0.3, -0.25) is 4.79 Å². The number of ether oxygens (including phenoxy) is 2. The average Bonchev–Trinajstić information content (AvgIpc) is 2.97. The summed E-state index contributed by atoms with van der Waals surface area (Å²) < 4.78 is 24.9. The zero-order chi connectivity index (χ0) is 29.5. The Morgan fingerprint density at radius 2 is 1.61 bits per heavy atom. The number of hydrogen-bond acceptors (Lipinski definition) is 7. The van der Waals surface area contributed by atoms with E-state index < -0.39 is 5.82 Å². The van der Waals surface area contributed by atoms with Crippen LogP contribution in [0.4, 0.5) is 16.0 Å². The van der Waals surface area contributed by atoms with Gasteiger partial charge in [-0.2, -0.15) is 0 Å². The van der Waals surface area contributed by atoms with Crippen molar-refractivity contribution in [2.75, 3.05) is 51.6 Å². The molecule has 3 aromatic carbocycles. The normalized spacial score (nSPS) is 10.7. The maximum absolute atomic E-state index is 14.3. The highest BCUT2D eigenvalue weighted by atomic mass is 35.5. The number of methoxy groups -OCH3 is 2. The van der Waals surface area contributed by atoms with Gasteiger partial charge in [0, 0.05) is 37.5 Å². The smallest absolute Gasteiger partial charge is 0.239 e. The van der Waals surface area contributed by atoms with E-state index in [9.17, 15) is 9.18 Å². The Kier molecular flexibility index (Phi) is 9.86. The van der Waals surface area contributed by atoms with E-state index in [0.29, 0.717) is 41.4 Å². The molecule has 4 rings (SSSR count). The summed E-state index contributed by atoms with van der Waals surface area (Å²) in [5.41, 5.74) is 4.13. The predicted octanol–water partition coefficient (Wildman–Crippen LogP) is 6.11. The number of hydrogen-bond donors (Lipinski definition) is 2. The lowest BCUT2D eigenvalue weighted by molar-refractivity contribution is -0.119. The number of aromatic nitrogens is 2. The number of nitrogens with one attached hydrogen (secondary N) is 2. The highest BCUT2D eigenvalue weighted by Gasteiger charge is 2.15. The third-order valence-corrected chi connectivity index (χ3v) is 6.88. The minimum atomic E-state index is -0.620. The summed E-state index contributed by atoms with van der Waals surface area (Å²) in [5.74, 6) is 0.595. The van der Waals surface area contributed by atoms with Crippen LogP contribution in [0.25, 0.3) is 22.5 Å². The van der Waals surface area contributed by atoms with Crippen molar-refractivity contribution in [2.45, 2.75) is 6.42 Å². The third-order valence-electron chi connectivity index (χ3n) is 6.28. The van der Waals surface area contributed by atoms with Crippen LogP contribution in [0.15, 0.2) is 60.7 Å². The minimum Gasteiger partial charge on any atom is -0.493 e. The minimum absolute atomic E-state index is 0.0723. The molecule has 11 heteroatoms. The number of halogens is 3. The van der Waals surface area contributed by atoms with E-state index in [2.05, 4.69) is 20.6 Å². The molecule has 0 saturated heterocycles. The van der Waals surface area contributed by atoms with Crippen molar-refractivity contribution >= 4 is 40.7 Å². The maximum atomic E-state index is 14.3. The average molecular weight is 599 g/mol. The number of carbonyl (C=O) groups excluding carboxylic acids is 1. The number of nitrogens with zero attached hydrogens (tertiary/aromatic N) is 3. The number of rotatable bonds is 11. The summed E-state index contributed by atoms with van der Waals surface area (Å²) in [6, 6.07) is 17.7. The van der Waals surface area contributed by atoms with Crippen LogP contribution >= 0.6 is 23.2 Å². The van der Waals surface area contributed by atoms with Crippen LogP contribution in [0.1, 0.15) is 5.56 Å². The van der Waals surface area contributed by atoms with E-state index >= 15 is 0 Å². The van der Waals surface area contributed by atoms with Crippen molar-refractivity contribution in [3.05, 3.63) is 82.1 Å². The molecule has 214 valence electrons. The summed E-state index contributed by atoms with van der Waals surface area (Å²) in [6.07, 6.45) is 0.603. The predicted molar refractivity (Wildman–Crippen MR) is 162 cm³/mol. The molecule has 0 atom stereocenters. The van der Waals surface area contributed by atoms with E-state index in [0.717, 1.165) is 16.8 Å². The Morgan fingerprint density at radius 3 is 2.29 bits per heavy atom. The highest BCUT2D eigenvalue weighted by molar-refractivity contribution is 6.36. The Bertz CT molecular complexity index is 1530. The fourth-order valence-corrected chi connectivity index (χ4v) is 4.55. The molecule has 41 heavy (non-hydrogen) atoms. The van der Waals surface area contributed by atoms with Gasteiger partial charge in [0.2, 0.25) is 11.9 Å². The summed E-state index contributed by atoms with van der Waals surface area (Å²) in [4.78, 5) is 23.7. The van der Waals surface area contributed by atoms with E-state index in [-0.39, 0.29) is 28.4 Å². The van der Waals surface area contributed by atoms with E-state index in [1.165, 1.54) is 12.1 Å². The number of anilines is 2. The van der Waals surface area contributed by atoms with E-state index in [1.807, 2.05) is 61.5 Å². The maximum Gasteiger partial charge on any atom is 0.239 e. The fourth-order valence-electron chi connectivity index (χ4n) is 4.07. The number of amides is 1. The van der Waals surface area contributed by atoms with Gasteiger partial charge in [-0.05, 0) is 54.4 Å². The highest BCUT2D eigenvalue weighted by Crippen LogP contribution is 2.34. The summed E-state index contributed by atoms with van der Waals surface area (Å²) in [5, 5.41) is 6.01. The Balaban J connectivity index is 1.51. The lowest BCUT2D eigenvalue weighted by Gasteiger charge is -2.14. The van der Waals surface area contributed by atoms with Crippen LogP contribution in [0, 0.1) is 5.82 Å². The van der Waals surface area contributed by atoms with Gasteiger partial charge in [-0.1, -0.05) is 41.4 Å². The second-order valence-corrected chi connectivity index (χ2v) is 10.1. The molecule has 1 amide bonds. The number of carbonyl (C=O) groups is 1. The Morgan fingerprint density at radius 1 is 0.902 bits per heavy atom. The van der Waals surface area contributed by atoms with Crippen molar-refractivity contribution in [3.8, 4) is 34.0 Å². The summed E-state index contributed by atoms with van der Waals surface area (Å²) in [6.45, 7) is 0.344. The van der Waals surface area contributed by atoms with E-state index in [1.54, 1.807) is 20.3 Å². The van der Waals surface area contributed by atoms with Gasteiger partial charge in [0.15, 0.2) is 11.5 Å². The summed E-state index contributed by atoms with van der Waals surface area (Å²) in [7, 11) is 7.07. The largest absolute Gasteiger partial charge is 0.493 e. The molecule has 4 aromatic rings. The van der Waals surface area contributed by atoms with Crippen molar-refractivity contribution in [3.63, 3.8) is 0 Å². The molecule has 0 radical (unpaired) electrons. The molecule has 0 fully saturated rings. The Labute approximate surface area is 248 Å². The number of benzene rings is 3. The van der Waals surface area contributed by atoms with Gasteiger partial charge in [0.25, 0.3) is 0 Å². The SMILES string of the molecule is COc1ccc(CCNC(=O)CNc2nc(-c3ccc(N(C)C)cc3)cc(-c3cc(F)c(Cl)cc3Cl)n2)cc1OC. The molecule has 0 bridgehead atoms. The molecule has 0 spiro atoms. The zero-order valence-electron chi connectivity index (χ0n) is 23.1. The quantitative estimate of drug-likeness (QED) is 0.202. The lowest BCUT2D eigenvalue weighted by atomic mass is 10.1. The third kappa shape index (κ3) is 7.56. The molecule has 0 aliphatic heterocycles. The van der Waals surface area contributed by atoms with Crippen molar-refractivity contribution in [2.24, 2.45) is 0 Å². The van der Waals surface area contributed by atoms with Crippen molar-refractivity contribution in [1.82, 2.24) is 15.3 Å². The molecule has 0 saturated carbocycles. The van der Waals surface area contributed by atoms with Gasteiger partial charge < -0.3 is 25.0 Å². The second kappa shape index (κ2) is 13.5. The fraction of sp³-hybridized carbons (Fsp3) is 0.233. The zero-order valence-corrected chi connectivity index (χ0v) is 24.6. The van der Waals surface area contributed by atoms with Crippen LogP contribution in [0.2, 0.25) is 10.0 Å². The van der Waals surface area contributed by atoms with Gasteiger partial charge in [0.05, 0.1) is 42.2 Å². The molecule has 1 aromatic heterocycles. The summed E-state index contributed by atoms with van der Waals surface area (Å²) >= 11 is 12.3. The standard InChI is InChI=1S/C30H30Cl2FN5O3/c1-38(2)20-8-6-19(7-9-20)25-16-26(21-14-24(33)23(32)15-22(21)31)37-30(36-25)35-17-29(39)34-12-11-18-5-10-27(40-3)28(13-18)41-4/h5-10,13-16H,11-12,17H2,1-4H3,(H,34,39)(H,35,36,37). The first-order valence-electron chi connectivity index (χ1n) is 12.7. The Hall–Kier alpha value is -4.08. The lowest BCUT2D eigenvalue weighted by Crippen LogP contribution is -2.31. The van der Waals surface area contributed by atoms with Gasteiger partial charge in [-0.25, -0.2) is 14.4 Å². The van der Waals surface area contributed by atoms with Crippen molar-refractivity contribution in [1.29, 1.82) is 0 Å². The molecule has 1 heterocycles. The molecule has 0 aliphatic rings. The second-order valence-electron chi connectivity index (χ2n) is 9.29. The topological polar surface area (TPSA) is 88.6 Å². The first kappa shape index (κ1) is 29.9. The molecule has 2 N–H and O–H groups in total. The van der Waals surface area contributed by atoms with Gasteiger partial charge in [0.1, 0.15) is 5.82 Å². The molecular formula is C30H30Cl2FN5O3. The first-order valence-corrected chi connectivity index (χ1v) is 13.5.